The van der Waals surface area contributed by atoms with Gasteiger partial charge in [0.05, 0.1) is 18.8 Å². The van der Waals surface area contributed by atoms with E-state index in [-0.39, 0.29) is 11.8 Å². The van der Waals surface area contributed by atoms with E-state index in [1.54, 1.807) is 13.0 Å². The smallest absolute Gasteiger partial charge is 0.335 e. The van der Waals surface area contributed by atoms with Gasteiger partial charge in [-0.3, -0.25) is 0 Å². The summed E-state index contributed by atoms with van der Waals surface area (Å²) in [6.07, 6.45) is 0.853. The van der Waals surface area contributed by atoms with Gasteiger partial charge in [0.15, 0.2) is 6.10 Å². The molecule has 0 amide bonds. The quantitative estimate of drug-likeness (QED) is 0.429. The molecule has 0 fully saturated rings. The molecule has 3 rings (SSSR count). The highest BCUT2D eigenvalue weighted by Gasteiger charge is 2.20. The molecular formula is C24H31FN2O4. The molecule has 0 aromatic heterocycles. The van der Waals surface area contributed by atoms with Gasteiger partial charge in [-0.25, -0.2) is 9.18 Å². The third kappa shape index (κ3) is 6.59. The van der Waals surface area contributed by atoms with Gasteiger partial charge < -0.3 is 24.4 Å². The molecule has 0 saturated heterocycles. The van der Waals surface area contributed by atoms with Gasteiger partial charge in [-0.15, -0.1) is 0 Å². The zero-order valence-corrected chi connectivity index (χ0v) is 18.2. The third-order valence-corrected chi connectivity index (χ3v) is 5.11. The highest BCUT2D eigenvalue weighted by molar-refractivity contribution is 5.75. The van der Waals surface area contributed by atoms with Crippen LogP contribution in [0.15, 0.2) is 42.5 Å². The van der Waals surface area contributed by atoms with Gasteiger partial charge in [0.1, 0.15) is 18.2 Å². The van der Waals surface area contributed by atoms with Crippen LogP contribution in [0.2, 0.25) is 0 Å². The molecule has 1 heterocycles. The van der Waals surface area contributed by atoms with Crippen molar-refractivity contribution < 1.29 is 23.4 Å². The van der Waals surface area contributed by atoms with Crippen LogP contribution in [0.5, 0.6) is 5.75 Å². The van der Waals surface area contributed by atoms with Crippen molar-refractivity contribution in [3.05, 3.63) is 53.8 Å². The lowest BCUT2D eigenvalue weighted by atomic mass is 10.1. The number of esters is 1. The number of ether oxygens (including phenoxy) is 3. The molecule has 2 aromatic carbocycles. The molecule has 0 unspecified atom stereocenters. The summed E-state index contributed by atoms with van der Waals surface area (Å²) >= 11 is 0. The van der Waals surface area contributed by atoms with Gasteiger partial charge in [0, 0.05) is 37.9 Å². The summed E-state index contributed by atoms with van der Waals surface area (Å²) in [4.78, 5) is 14.2. The number of hydrogen-bond donors (Lipinski definition) is 1. The molecular weight excluding hydrogens is 399 g/mol. The summed E-state index contributed by atoms with van der Waals surface area (Å²) in [5.41, 5.74) is 2.99. The fourth-order valence-electron chi connectivity index (χ4n) is 3.61. The van der Waals surface area contributed by atoms with Crippen LogP contribution in [-0.2, 0) is 20.7 Å². The number of carbonyl (C=O) groups is 1. The van der Waals surface area contributed by atoms with Crippen molar-refractivity contribution in [3.8, 4) is 5.75 Å². The first-order valence-corrected chi connectivity index (χ1v) is 10.9. The minimum Gasteiger partial charge on any atom is -0.489 e. The molecule has 168 valence electrons. The third-order valence-electron chi connectivity index (χ3n) is 5.11. The van der Waals surface area contributed by atoms with Crippen molar-refractivity contribution in [2.24, 2.45) is 0 Å². The maximum absolute atomic E-state index is 13.4. The normalized spacial score (nSPS) is 13.8. The second-order valence-electron chi connectivity index (χ2n) is 7.32. The minimum absolute atomic E-state index is 0.277. The molecule has 1 aliphatic heterocycles. The Morgan fingerprint density at radius 3 is 2.74 bits per heavy atom. The number of benzene rings is 2. The van der Waals surface area contributed by atoms with E-state index in [1.807, 2.05) is 31.2 Å². The van der Waals surface area contributed by atoms with E-state index in [0.717, 1.165) is 43.0 Å². The predicted molar refractivity (Wildman–Crippen MR) is 119 cm³/mol. The zero-order chi connectivity index (χ0) is 22.1. The van der Waals surface area contributed by atoms with Crippen molar-refractivity contribution in [3.63, 3.8) is 0 Å². The molecule has 0 bridgehead atoms. The van der Waals surface area contributed by atoms with Crippen molar-refractivity contribution in [2.45, 2.75) is 32.8 Å². The van der Waals surface area contributed by atoms with Crippen LogP contribution in [0.3, 0.4) is 0 Å². The van der Waals surface area contributed by atoms with Gasteiger partial charge in [0.2, 0.25) is 0 Å². The van der Waals surface area contributed by atoms with E-state index in [9.17, 15) is 9.18 Å². The molecule has 1 atom stereocenters. The standard InChI is InChI=1S/C24H31FN2O4/c1-3-29-23(24(28)30-4-2)16-18-6-9-20(10-7-18)26-12-5-13-27-14-15-31-22-17-19(25)8-11-21(22)27/h6-11,17,23,26H,3-5,12-16H2,1-2H3/t23-/m1/s1. The molecule has 0 aliphatic carbocycles. The molecule has 2 aromatic rings. The SMILES string of the molecule is CCOC(=O)[C@@H](Cc1ccc(NCCCN2CCOc3cc(F)ccc32)cc1)OCC. The number of anilines is 2. The minimum atomic E-state index is -0.575. The first kappa shape index (κ1) is 22.9. The summed E-state index contributed by atoms with van der Waals surface area (Å²) in [5, 5.41) is 3.43. The van der Waals surface area contributed by atoms with Gasteiger partial charge >= 0.3 is 5.97 Å². The van der Waals surface area contributed by atoms with E-state index in [4.69, 9.17) is 14.2 Å². The van der Waals surface area contributed by atoms with Crippen LogP contribution in [0.4, 0.5) is 15.8 Å². The Bertz CT molecular complexity index is 844. The van der Waals surface area contributed by atoms with Gasteiger partial charge in [-0.2, -0.15) is 0 Å². The Morgan fingerprint density at radius 2 is 2.00 bits per heavy atom. The van der Waals surface area contributed by atoms with E-state index in [1.165, 1.54) is 12.1 Å². The second-order valence-corrected chi connectivity index (χ2v) is 7.32. The monoisotopic (exact) mass is 430 g/mol. The Kier molecular flexibility index (Phi) is 8.53. The molecule has 0 radical (unpaired) electrons. The largest absolute Gasteiger partial charge is 0.489 e. The number of fused-ring (bicyclic) bond motifs is 1. The summed E-state index contributed by atoms with van der Waals surface area (Å²) in [6.45, 7) is 7.52. The van der Waals surface area contributed by atoms with Crippen molar-refractivity contribution in [1.29, 1.82) is 0 Å². The van der Waals surface area contributed by atoms with E-state index >= 15 is 0 Å². The summed E-state index contributed by atoms with van der Waals surface area (Å²) in [5.74, 6) is 0.0162. The summed E-state index contributed by atoms with van der Waals surface area (Å²) < 4.78 is 29.6. The van der Waals surface area contributed by atoms with Crippen molar-refractivity contribution in [1.82, 2.24) is 0 Å². The molecule has 1 aliphatic rings. The molecule has 1 N–H and O–H groups in total. The maximum Gasteiger partial charge on any atom is 0.335 e. The molecule has 6 nitrogen and oxygen atoms in total. The highest BCUT2D eigenvalue weighted by Crippen LogP contribution is 2.32. The van der Waals surface area contributed by atoms with E-state index < -0.39 is 6.10 Å². The predicted octanol–water partition coefficient (Wildman–Crippen LogP) is 4.04. The Labute approximate surface area is 183 Å². The van der Waals surface area contributed by atoms with Crippen LogP contribution in [-0.4, -0.2) is 51.5 Å². The first-order chi connectivity index (χ1) is 15.1. The molecule has 31 heavy (non-hydrogen) atoms. The topological polar surface area (TPSA) is 60.0 Å². The van der Waals surface area contributed by atoms with Crippen molar-refractivity contribution in [2.75, 3.05) is 49.7 Å². The lowest BCUT2D eigenvalue weighted by Gasteiger charge is -2.31. The number of carbonyl (C=O) groups excluding carboxylic acids is 1. The average Bonchev–Trinajstić information content (AvgIpc) is 2.77. The number of halogens is 1. The maximum atomic E-state index is 13.4. The van der Waals surface area contributed by atoms with Gasteiger partial charge in [-0.05, 0) is 50.1 Å². The van der Waals surface area contributed by atoms with Crippen LogP contribution in [0.25, 0.3) is 0 Å². The number of hydrogen-bond acceptors (Lipinski definition) is 6. The molecule has 0 saturated carbocycles. The molecule has 7 heteroatoms. The Hall–Kier alpha value is -2.80. The lowest BCUT2D eigenvalue weighted by molar-refractivity contribution is -0.156. The Morgan fingerprint density at radius 1 is 1.19 bits per heavy atom. The number of nitrogens with one attached hydrogen (secondary N) is 1. The van der Waals surface area contributed by atoms with Crippen LogP contribution in [0, 0.1) is 5.82 Å². The summed E-state index contributed by atoms with van der Waals surface area (Å²) in [6, 6.07) is 12.7. The van der Waals surface area contributed by atoms with E-state index in [0.29, 0.717) is 32.0 Å². The Balaban J connectivity index is 1.45. The van der Waals surface area contributed by atoms with Crippen LogP contribution in [0.1, 0.15) is 25.8 Å². The summed E-state index contributed by atoms with van der Waals surface area (Å²) in [7, 11) is 0. The second kappa shape index (κ2) is 11.6. The first-order valence-electron chi connectivity index (χ1n) is 10.9. The number of rotatable bonds is 11. The highest BCUT2D eigenvalue weighted by atomic mass is 19.1. The number of nitrogens with zero attached hydrogens (tertiary/aromatic N) is 1. The van der Waals surface area contributed by atoms with Gasteiger partial charge in [-0.1, -0.05) is 12.1 Å². The zero-order valence-electron chi connectivity index (χ0n) is 18.2. The van der Waals surface area contributed by atoms with Crippen LogP contribution < -0.4 is 15.0 Å². The van der Waals surface area contributed by atoms with Crippen LogP contribution >= 0.6 is 0 Å². The van der Waals surface area contributed by atoms with Crippen molar-refractivity contribution >= 4 is 17.3 Å². The fourth-order valence-corrected chi connectivity index (χ4v) is 3.61. The fraction of sp³-hybridized carbons (Fsp3) is 0.458. The van der Waals surface area contributed by atoms with Gasteiger partial charge in [0.25, 0.3) is 0 Å². The van der Waals surface area contributed by atoms with E-state index in [2.05, 4.69) is 10.2 Å². The molecule has 0 spiro atoms. The lowest BCUT2D eigenvalue weighted by Crippen LogP contribution is -2.34. The average molecular weight is 431 g/mol.